The molecule has 1 fully saturated rings. The second-order valence-electron chi connectivity index (χ2n) is 5.62. The summed E-state index contributed by atoms with van der Waals surface area (Å²) in [5, 5.41) is 8.15. The Hall–Kier alpha value is -2.17. The third kappa shape index (κ3) is 4.27. The van der Waals surface area contributed by atoms with Gasteiger partial charge in [-0.25, -0.2) is 8.42 Å². The quantitative estimate of drug-likeness (QED) is 0.684. The van der Waals surface area contributed by atoms with Gasteiger partial charge in [0.1, 0.15) is 5.75 Å². The molecule has 1 atom stereocenters. The largest absolute Gasteiger partial charge is 0.497 e. The minimum atomic E-state index is -4.29. The monoisotopic (exact) mass is 371 g/mol. The Morgan fingerprint density at radius 2 is 1.80 bits per heavy atom. The first-order valence-electron chi connectivity index (χ1n) is 7.69. The van der Waals surface area contributed by atoms with E-state index in [2.05, 4.69) is 0 Å². The number of nitrogens with one attached hydrogen (secondary N) is 1. The molecule has 2 N–H and O–H groups in total. The van der Waals surface area contributed by atoms with Gasteiger partial charge in [-0.2, -0.15) is 0 Å². The molecule has 1 aromatic carbocycles. The van der Waals surface area contributed by atoms with Crippen LogP contribution in [0.3, 0.4) is 0 Å². The molecule has 1 aliphatic rings. The second kappa shape index (κ2) is 7.81. The number of hydrazine groups is 1. The Balaban J connectivity index is 2.40. The van der Waals surface area contributed by atoms with Crippen molar-refractivity contribution in [1.29, 1.82) is 0 Å². The molecule has 2 amide bonds. The van der Waals surface area contributed by atoms with Crippen molar-refractivity contribution in [1.82, 2.24) is 15.5 Å². The van der Waals surface area contributed by atoms with Crippen LogP contribution in [-0.4, -0.2) is 61.1 Å². The summed E-state index contributed by atoms with van der Waals surface area (Å²) in [5.41, 5.74) is 1.94. The van der Waals surface area contributed by atoms with E-state index >= 15 is 0 Å². The fourth-order valence-electron chi connectivity index (χ4n) is 2.58. The second-order valence-corrected chi connectivity index (χ2v) is 7.63. The maximum atomic E-state index is 12.9. The third-order valence-electron chi connectivity index (χ3n) is 3.81. The maximum absolute atomic E-state index is 12.9. The standard InChI is InChI=1S/C15H21N3O6S/c1-11(19)16-18(21)15(14(20)17-9-3-4-10-17)25(22,23)13-7-5-12(24-2)6-8-13/h5-8,15,21H,3-4,9-10H2,1-2H3,(H,16,19). The zero-order valence-electron chi connectivity index (χ0n) is 14.0. The van der Waals surface area contributed by atoms with Gasteiger partial charge in [0.25, 0.3) is 5.91 Å². The van der Waals surface area contributed by atoms with E-state index in [1.165, 1.54) is 36.3 Å². The highest BCUT2D eigenvalue weighted by Gasteiger charge is 2.42. The number of methoxy groups -OCH3 is 1. The van der Waals surface area contributed by atoms with E-state index in [-0.39, 0.29) is 10.1 Å². The van der Waals surface area contributed by atoms with Gasteiger partial charge < -0.3 is 9.64 Å². The van der Waals surface area contributed by atoms with Gasteiger partial charge in [0.15, 0.2) is 0 Å². The zero-order chi connectivity index (χ0) is 18.6. The van der Waals surface area contributed by atoms with Crippen molar-refractivity contribution >= 4 is 21.7 Å². The molecule has 1 heterocycles. The molecule has 2 rings (SSSR count). The minimum Gasteiger partial charge on any atom is -0.497 e. The molecule has 138 valence electrons. The number of likely N-dealkylation sites (tertiary alicyclic amines) is 1. The SMILES string of the molecule is COc1ccc(S(=O)(=O)C(C(=O)N2CCCC2)N(O)NC(C)=O)cc1. The smallest absolute Gasteiger partial charge is 0.260 e. The summed E-state index contributed by atoms with van der Waals surface area (Å²) in [5.74, 6) is -1.04. The molecule has 0 aromatic heterocycles. The topological polar surface area (TPSA) is 116 Å². The lowest BCUT2D eigenvalue weighted by atomic mass is 10.3. The van der Waals surface area contributed by atoms with Gasteiger partial charge in [-0.15, -0.1) is 0 Å². The van der Waals surface area contributed by atoms with Crippen LogP contribution in [0.1, 0.15) is 19.8 Å². The molecule has 1 saturated heterocycles. The Kier molecular flexibility index (Phi) is 5.98. The van der Waals surface area contributed by atoms with Gasteiger partial charge in [-0.1, -0.05) is 5.17 Å². The maximum Gasteiger partial charge on any atom is 0.260 e. The molecule has 1 unspecified atom stereocenters. The molecule has 0 aliphatic carbocycles. The highest BCUT2D eigenvalue weighted by atomic mass is 32.2. The van der Waals surface area contributed by atoms with E-state index in [9.17, 15) is 23.2 Å². The number of nitrogens with zero attached hydrogens (tertiary/aromatic N) is 2. The zero-order valence-corrected chi connectivity index (χ0v) is 14.8. The number of sulfone groups is 1. The summed E-state index contributed by atoms with van der Waals surface area (Å²) in [6.07, 6.45) is 1.51. The summed E-state index contributed by atoms with van der Waals surface area (Å²) < 4.78 is 30.8. The van der Waals surface area contributed by atoms with Gasteiger partial charge in [0.2, 0.25) is 21.1 Å². The van der Waals surface area contributed by atoms with E-state index in [0.29, 0.717) is 18.8 Å². The fraction of sp³-hybridized carbons (Fsp3) is 0.467. The van der Waals surface area contributed by atoms with Crippen LogP contribution in [0.15, 0.2) is 29.2 Å². The Labute approximate surface area is 146 Å². The summed E-state index contributed by atoms with van der Waals surface area (Å²) in [6, 6.07) is 5.43. The van der Waals surface area contributed by atoms with Crippen molar-refractivity contribution < 1.29 is 28.0 Å². The molecule has 1 aliphatic heterocycles. The van der Waals surface area contributed by atoms with E-state index in [1.54, 1.807) is 0 Å². The number of hydroxylamine groups is 1. The lowest BCUT2D eigenvalue weighted by Crippen LogP contribution is -2.56. The lowest BCUT2D eigenvalue weighted by Gasteiger charge is -2.28. The van der Waals surface area contributed by atoms with Gasteiger partial charge in [0, 0.05) is 20.0 Å². The molecule has 25 heavy (non-hydrogen) atoms. The van der Waals surface area contributed by atoms with Crippen molar-refractivity contribution in [3.8, 4) is 5.75 Å². The number of carbonyl (C=O) groups is 2. The first-order chi connectivity index (χ1) is 11.8. The van der Waals surface area contributed by atoms with E-state index in [4.69, 9.17) is 4.74 Å². The van der Waals surface area contributed by atoms with E-state index in [1.807, 2.05) is 5.43 Å². The van der Waals surface area contributed by atoms with Crippen molar-refractivity contribution in [2.45, 2.75) is 30.0 Å². The molecule has 9 nitrogen and oxygen atoms in total. The molecular formula is C15H21N3O6S. The number of ether oxygens (including phenoxy) is 1. The summed E-state index contributed by atoms with van der Waals surface area (Å²) in [4.78, 5) is 25.1. The molecule has 0 radical (unpaired) electrons. The van der Waals surface area contributed by atoms with Crippen LogP contribution in [0, 0.1) is 0 Å². The first kappa shape index (κ1) is 19.2. The van der Waals surface area contributed by atoms with E-state index in [0.717, 1.165) is 19.8 Å². The van der Waals surface area contributed by atoms with Crippen LogP contribution in [0.4, 0.5) is 0 Å². The van der Waals surface area contributed by atoms with E-state index < -0.39 is 27.0 Å². The third-order valence-corrected chi connectivity index (χ3v) is 5.72. The summed E-state index contributed by atoms with van der Waals surface area (Å²) in [7, 11) is -2.85. The van der Waals surface area contributed by atoms with Crippen LogP contribution in [-0.2, 0) is 19.4 Å². The average molecular weight is 371 g/mol. The van der Waals surface area contributed by atoms with Crippen LogP contribution in [0.25, 0.3) is 0 Å². The lowest BCUT2D eigenvalue weighted by molar-refractivity contribution is -0.175. The molecule has 1 aromatic rings. The Bertz CT molecular complexity index is 728. The first-order valence-corrected chi connectivity index (χ1v) is 9.24. The average Bonchev–Trinajstić information content (AvgIpc) is 3.08. The van der Waals surface area contributed by atoms with Gasteiger partial charge >= 0.3 is 0 Å². The van der Waals surface area contributed by atoms with Crippen molar-refractivity contribution in [3.63, 3.8) is 0 Å². The fourth-order valence-corrected chi connectivity index (χ4v) is 4.08. The minimum absolute atomic E-state index is 0.0581. The summed E-state index contributed by atoms with van der Waals surface area (Å²) in [6.45, 7) is 1.91. The normalized spacial score (nSPS) is 15.9. The van der Waals surface area contributed by atoms with Crippen LogP contribution in [0.2, 0.25) is 0 Å². The molecule has 0 saturated carbocycles. The predicted molar refractivity (Wildman–Crippen MR) is 87.2 cm³/mol. The number of hydrogen-bond donors (Lipinski definition) is 2. The van der Waals surface area contributed by atoms with Crippen LogP contribution in [0.5, 0.6) is 5.75 Å². The van der Waals surface area contributed by atoms with Crippen LogP contribution >= 0.6 is 0 Å². The van der Waals surface area contributed by atoms with Crippen molar-refractivity contribution in [3.05, 3.63) is 24.3 Å². The highest BCUT2D eigenvalue weighted by molar-refractivity contribution is 7.92. The van der Waals surface area contributed by atoms with Crippen molar-refractivity contribution in [2.75, 3.05) is 20.2 Å². The summed E-state index contributed by atoms with van der Waals surface area (Å²) >= 11 is 0. The molecule has 0 bridgehead atoms. The number of hydrogen-bond acceptors (Lipinski definition) is 7. The number of benzene rings is 1. The van der Waals surface area contributed by atoms with Gasteiger partial charge in [-0.05, 0) is 37.1 Å². The highest BCUT2D eigenvalue weighted by Crippen LogP contribution is 2.23. The Morgan fingerprint density at radius 3 is 2.28 bits per heavy atom. The van der Waals surface area contributed by atoms with Crippen LogP contribution < -0.4 is 10.2 Å². The molecular weight excluding hydrogens is 350 g/mol. The van der Waals surface area contributed by atoms with Gasteiger partial charge in [-0.3, -0.25) is 20.2 Å². The van der Waals surface area contributed by atoms with Gasteiger partial charge in [0.05, 0.1) is 12.0 Å². The predicted octanol–water partition coefficient (Wildman–Crippen LogP) is 0.160. The molecule has 10 heteroatoms. The Morgan fingerprint density at radius 1 is 1.24 bits per heavy atom. The molecule has 0 spiro atoms. The van der Waals surface area contributed by atoms with Crippen molar-refractivity contribution in [2.24, 2.45) is 0 Å². The number of carbonyl (C=O) groups excluding carboxylic acids is 2. The number of amides is 2. The number of rotatable bonds is 6.